The molecule has 0 radical (unpaired) electrons. The quantitative estimate of drug-likeness (QED) is 0.685. The fourth-order valence-electron chi connectivity index (χ4n) is 1.98. The van der Waals surface area contributed by atoms with E-state index >= 15 is 0 Å². The molecule has 0 N–H and O–H groups in total. The topological polar surface area (TPSA) is 20.3 Å². The normalized spacial score (nSPS) is 36.4. The summed E-state index contributed by atoms with van der Waals surface area (Å²) in [6.07, 6.45) is 4.28. The molecule has 0 aromatic heterocycles. The van der Waals surface area contributed by atoms with Gasteiger partial charge in [0.2, 0.25) is 0 Å². The fourth-order valence-corrected chi connectivity index (χ4v) is 3.34. The summed E-state index contributed by atoms with van der Waals surface area (Å²) in [5, 5.41) is 0. The molecule has 0 aromatic rings. The van der Waals surface area contributed by atoms with Crippen LogP contribution in [0.15, 0.2) is 0 Å². The zero-order chi connectivity index (χ0) is 9.26. The van der Waals surface area contributed by atoms with Crippen LogP contribution >= 0.6 is 0 Å². The maximum absolute atomic E-state index is 11.3. The van der Waals surface area contributed by atoms with Crippen molar-refractivity contribution < 1.29 is 4.21 Å². The van der Waals surface area contributed by atoms with Crippen LogP contribution < -0.4 is 0 Å². The molecule has 76 valence electrons. The predicted molar refractivity (Wildman–Crippen MR) is 56.3 cm³/mol. The van der Waals surface area contributed by atoms with Gasteiger partial charge in [0.05, 0.1) is 0 Å². The lowest BCUT2D eigenvalue weighted by molar-refractivity contribution is 0.223. The Balaban J connectivity index is 1.74. The van der Waals surface area contributed by atoms with Gasteiger partial charge in [0.15, 0.2) is 0 Å². The SMILES string of the molecule is CC1CS(=O)CCN1CCC1CC1. The largest absolute Gasteiger partial charge is 0.299 e. The molecule has 2 aliphatic rings. The first-order valence-corrected chi connectivity index (χ1v) is 6.83. The van der Waals surface area contributed by atoms with Crippen molar-refractivity contribution in [2.24, 2.45) is 5.92 Å². The second kappa shape index (κ2) is 4.09. The van der Waals surface area contributed by atoms with Crippen molar-refractivity contribution in [1.82, 2.24) is 4.90 Å². The number of hydrogen-bond acceptors (Lipinski definition) is 2. The van der Waals surface area contributed by atoms with E-state index in [0.29, 0.717) is 6.04 Å². The smallest absolute Gasteiger partial charge is 0.0388 e. The summed E-state index contributed by atoms with van der Waals surface area (Å²) in [4.78, 5) is 2.51. The van der Waals surface area contributed by atoms with Gasteiger partial charge < -0.3 is 0 Å². The molecular weight excluding hydrogens is 182 g/mol. The lowest BCUT2D eigenvalue weighted by Crippen LogP contribution is -2.45. The average Bonchev–Trinajstić information content (AvgIpc) is 2.86. The lowest BCUT2D eigenvalue weighted by Gasteiger charge is -2.32. The summed E-state index contributed by atoms with van der Waals surface area (Å²) in [7, 11) is -0.531. The van der Waals surface area contributed by atoms with Crippen LogP contribution in [-0.2, 0) is 10.8 Å². The van der Waals surface area contributed by atoms with Gasteiger partial charge in [0.1, 0.15) is 0 Å². The molecule has 0 aromatic carbocycles. The van der Waals surface area contributed by atoms with Gasteiger partial charge in [0, 0.05) is 34.9 Å². The summed E-state index contributed by atoms with van der Waals surface area (Å²) in [5.41, 5.74) is 0. The van der Waals surface area contributed by atoms with Crippen LogP contribution in [0.3, 0.4) is 0 Å². The molecule has 1 saturated carbocycles. The predicted octanol–water partition coefficient (Wildman–Crippen LogP) is 1.24. The van der Waals surface area contributed by atoms with Crippen molar-refractivity contribution in [1.29, 1.82) is 0 Å². The molecule has 1 aliphatic carbocycles. The van der Waals surface area contributed by atoms with E-state index in [1.165, 1.54) is 25.8 Å². The molecule has 2 rings (SSSR count). The Morgan fingerprint density at radius 1 is 1.46 bits per heavy atom. The highest BCUT2D eigenvalue weighted by Gasteiger charge is 2.26. The first-order valence-electron chi connectivity index (χ1n) is 5.35. The van der Waals surface area contributed by atoms with Gasteiger partial charge in [-0.05, 0) is 25.8 Å². The molecule has 2 fully saturated rings. The minimum atomic E-state index is -0.531. The van der Waals surface area contributed by atoms with E-state index in [1.54, 1.807) is 0 Å². The molecule has 2 unspecified atom stereocenters. The van der Waals surface area contributed by atoms with Gasteiger partial charge >= 0.3 is 0 Å². The van der Waals surface area contributed by atoms with E-state index in [0.717, 1.165) is 24.0 Å². The molecule has 2 atom stereocenters. The Morgan fingerprint density at radius 3 is 2.85 bits per heavy atom. The van der Waals surface area contributed by atoms with E-state index in [2.05, 4.69) is 11.8 Å². The minimum Gasteiger partial charge on any atom is -0.299 e. The van der Waals surface area contributed by atoms with E-state index < -0.39 is 10.8 Å². The monoisotopic (exact) mass is 201 g/mol. The van der Waals surface area contributed by atoms with Crippen LogP contribution in [-0.4, -0.2) is 39.7 Å². The highest BCUT2D eigenvalue weighted by Crippen LogP contribution is 2.32. The van der Waals surface area contributed by atoms with E-state index in [9.17, 15) is 4.21 Å². The molecular formula is C10H19NOS. The zero-order valence-corrected chi connectivity index (χ0v) is 9.18. The summed E-state index contributed by atoms with van der Waals surface area (Å²) in [5.74, 6) is 2.82. The van der Waals surface area contributed by atoms with Crippen molar-refractivity contribution in [3.63, 3.8) is 0 Å². The van der Waals surface area contributed by atoms with Crippen molar-refractivity contribution in [2.75, 3.05) is 24.6 Å². The second-order valence-electron chi connectivity index (χ2n) is 4.43. The van der Waals surface area contributed by atoms with Crippen LogP contribution in [0.4, 0.5) is 0 Å². The van der Waals surface area contributed by atoms with E-state index in [1.807, 2.05) is 0 Å². The Labute approximate surface area is 83.1 Å². The van der Waals surface area contributed by atoms with Crippen LogP contribution in [0.2, 0.25) is 0 Å². The van der Waals surface area contributed by atoms with Crippen LogP contribution in [0, 0.1) is 5.92 Å². The van der Waals surface area contributed by atoms with Gasteiger partial charge in [-0.15, -0.1) is 0 Å². The van der Waals surface area contributed by atoms with Gasteiger partial charge in [-0.1, -0.05) is 12.8 Å². The summed E-state index contributed by atoms with van der Waals surface area (Å²) in [6.45, 7) is 4.51. The van der Waals surface area contributed by atoms with Gasteiger partial charge in [-0.25, -0.2) is 0 Å². The van der Waals surface area contributed by atoms with Crippen molar-refractivity contribution in [3.8, 4) is 0 Å². The lowest BCUT2D eigenvalue weighted by atomic mass is 10.2. The molecule has 1 heterocycles. The third-order valence-corrected chi connectivity index (χ3v) is 4.67. The van der Waals surface area contributed by atoms with Crippen molar-refractivity contribution >= 4 is 10.8 Å². The molecule has 1 saturated heterocycles. The highest BCUT2D eigenvalue weighted by molar-refractivity contribution is 7.85. The Bertz CT molecular complexity index is 203. The summed E-state index contributed by atoms with van der Waals surface area (Å²) < 4.78 is 11.3. The van der Waals surface area contributed by atoms with Crippen molar-refractivity contribution in [2.45, 2.75) is 32.2 Å². The molecule has 3 heteroatoms. The van der Waals surface area contributed by atoms with E-state index in [-0.39, 0.29) is 0 Å². The maximum atomic E-state index is 11.3. The zero-order valence-electron chi connectivity index (χ0n) is 8.37. The van der Waals surface area contributed by atoms with Crippen LogP contribution in [0.25, 0.3) is 0 Å². The fraction of sp³-hybridized carbons (Fsp3) is 1.00. The molecule has 1 aliphatic heterocycles. The number of nitrogens with zero attached hydrogens (tertiary/aromatic N) is 1. The van der Waals surface area contributed by atoms with Gasteiger partial charge in [0.25, 0.3) is 0 Å². The van der Waals surface area contributed by atoms with Gasteiger partial charge in [-0.2, -0.15) is 0 Å². The molecule has 0 spiro atoms. The first-order chi connectivity index (χ1) is 6.25. The van der Waals surface area contributed by atoms with Gasteiger partial charge in [-0.3, -0.25) is 9.11 Å². The third-order valence-electron chi connectivity index (χ3n) is 3.18. The van der Waals surface area contributed by atoms with Crippen molar-refractivity contribution in [3.05, 3.63) is 0 Å². The minimum absolute atomic E-state index is 0.531. The maximum Gasteiger partial charge on any atom is 0.0388 e. The molecule has 2 nitrogen and oxygen atoms in total. The summed E-state index contributed by atoms with van der Waals surface area (Å²) in [6, 6.07) is 0.549. The van der Waals surface area contributed by atoms with Crippen LogP contribution in [0.1, 0.15) is 26.2 Å². The van der Waals surface area contributed by atoms with E-state index in [4.69, 9.17) is 0 Å². The average molecular weight is 201 g/mol. The molecule has 13 heavy (non-hydrogen) atoms. The Hall–Kier alpha value is 0.110. The number of rotatable bonds is 3. The Kier molecular flexibility index (Phi) is 3.04. The molecule has 0 amide bonds. The Morgan fingerprint density at radius 2 is 2.23 bits per heavy atom. The third kappa shape index (κ3) is 2.78. The highest BCUT2D eigenvalue weighted by atomic mass is 32.2. The number of hydrogen-bond donors (Lipinski definition) is 0. The standard InChI is InChI=1S/C10H19NOS/c1-9-8-13(12)7-6-11(9)5-4-10-2-3-10/h9-10H,2-8H2,1H3. The first kappa shape index (κ1) is 9.66. The second-order valence-corrected chi connectivity index (χ2v) is 6.05. The summed E-state index contributed by atoms with van der Waals surface area (Å²) >= 11 is 0. The molecule has 0 bridgehead atoms. The van der Waals surface area contributed by atoms with Crippen LogP contribution in [0.5, 0.6) is 0 Å².